The molecule has 1 atom stereocenters. The van der Waals surface area contributed by atoms with Crippen molar-refractivity contribution in [2.45, 2.75) is 82.9 Å². The summed E-state index contributed by atoms with van der Waals surface area (Å²) in [7, 11) is 1.68. The minimum absolute atomic E-state index is 0.0182. The van der Waals surface area contributed by atoms with Crippen LogP contribution in [-0.4, -0.2) is 58.6 Å². The van der Waals surface area contributed by atoms with Gasteiger partial charge in [-0.2, -0.15) is 0 Å². The van der Waals surface area contributed by atoms with Gasteiger partial charge in [0.05, 0.1) is 17.2 Å². The quantitative estimate of drug-likeness (QED) is 0.129. The van der Waals surface area contributed by atoms with Crippen molar-refractivity contribution in [2.24, 2.45) is 11.8 Å². The third-order valence-electron chi connectivity index (χ3n) is 9.79. The predicted molar refractivity (Wildman–Crippen MR) is 172 cm³/mol. The van der Waals surface area contributed by atoms with E-state index < -0.39 is 36.7 Å². The normalized spacial score (nSPS) is 22.2. The SMILES string of the molecule is C[C@@H]1C(=O)N(C)c2cc(-c3ccncc3)ccc2C(=O)N1Cc1cccc(C(=O)CCCCC2CC(OC(=O)C3CC(F)(F)C3)C2)c1. The Morgan fingerprint density at radius 3 is 2.45 bits per heavy atom. The number of Topliss-reactive ketones (excluding diaryl/α,β-unsaturated/α-hetero) is 1. The Hall–Kier alpha value is -4.47. The van der Waals surface area contributed by atoms with Gasteiger partial charge in [0, 0.05) is 50.8 Å². The van der Waals surface area contributed by atoms with Gasteiger partial charge >= 0.3 is 5.97 Å². The Kier molecular flexibility index (Phi) is 9.21. The summed E-state index contributed by atoms with van der Waals surface area (Å²) >= 11 is 0. The number of anilines is 1. The van der Waals surface area contributed by atoms with Crippen LogP contribution in [0.3, 0.4) is 0 Å². The second-order valence-corrected chi connectivity index (χ2v) is 13.2. The molecule has 8 nitrogen and oxygen atoms in total. The molecule has 246 valence electrons. The number of amides is 2. The van der Waals surface area contributed by atoms with E-state index in [1.165, 1.54) is 4.90 Å². The lowest BCUT2D eigenvalue weighted by Crippen LogP contribution is -2.45. The second-order valence-electron chi connectivity index (χ2n) is 13.2. The van der Waals surface area contributed by atoms with Gasteiger partial charge in [0.15, 0.2) is 5.78 Å². The van der Waals surface area contributed by atoms with Crippen molar-refractivity contribution in [2.75, 3.05) is 11.9 Å². The number of benzene rings is 2. The maximum absolute atomic E-state index is 13.8. The van der Waals surface area contributed by atoms with Crippen LogP contribution in [0.5, 0.6) is 0 Å². The Bertz CT molecular complexity index is 1670. The first-order chi connectivity index (χ1) is 22.5. The standard InChI is InChI=1S/C37H39F2N3O5/c1-23-34(44)41(2)32-19-27(26-12-14-40-15-13-26)10-11-31(32)35(45)42(23)22-25-7-5-8-28(16-25)33(43)9-4-3-6-24-17-30(18-24)47-36(46)29-20-37(38,39)21-29/h5,7-8,10-16,19,23-24,29-30H,3-4,6,9,17-18,20-22H2,1-2H3/t23-,24?,30?/m1/s1. The molecule has 0 bridgehead atoms. The van der Waals surface area contributed by atoms with E-state index in [2.05, 4.69) is 4.98 Å². The molecule has 2 aromatic carbocycles. The van der Waals surface area contributed by atoms with Crippen molar-refractivity contribution in [3.8, 4) is 11.1 Å². The molecular formula is C37H39F2N3O5. The van der Waals surface area contributed by atoms with E-state index in [-0.39, 0.29) is 30.2 Å². The van der Waals surface area contributed by atoms with Gasteiger partial charge in [0.25, 0.3) is 5.91 Å². The van der Waals surface area contributed by atoms with Gasteiger partial charge in [0.2, 0.25) is 11.8 Å². The number of likely N-dealkylation sites (N-methyl/N-ethyl adjacent to an activating group) is 1. The van der Waals surface area contributed by atoms with E-state index in [4.69, 9.17) is 4.74 Å². The Morgan fingerprint density at radius 1 is 0.979 bits per heavy atom. The molecule has 0 unspecified atom stereocenters. The van der Waals surface area contributed by atoms with Crippen molar-refractivity contribution >= 4 is 29.3 Å². The van der Waals surface area contributed by atoms with E-state index in [0.29, 0.717) is 29.2 Å². The first kappa shape index (κ1) is 32.5. The van der Waals surface area contributed by atoms with Crippen molar-refractivity contribution in [3.05, 3.63) is 83.7 Å². The number of fused-ring (bicyclic) bond motifs is 1. The van der Waals surface area contributed by atoms with Gasteiger partial charge in [0.1, 0.15) is 12.1 Å². The molecule has 2 amide bonds. The van der Waals surface area contributed by atoms with Crippen LogP contribution in [0.1, 0.15) is 84.6 Å². The van der Waals surface area contributed by atoms with Gasteiger partial charge in [-0.15, -0.1) is 0 Å². The fourth-order valence-corrected chi connectivity index (χ4v) is 6.78. The van der Waals surface area contributed by atoms with E-state index in [1.807, 2.05) is 30.3 Å². The lowest BCUT2D eigenvalue weighted by atomic mass is 9.78. The number of ketones is 1. The molecule has 2 aliphatic carbocycles. The molecule has 0 saturated heterocycles. The van der Waals surface area contributed by atoms with Crippen LogP contribution < -0.4 is 4.90 Å². The average Bonchev–Trinajstić information content (AvgIpc) is 3.10. The van der Waals surface area contributed by atoms with Crippen LogP contribution in [0.15, 0.2) is 67.0 Å². The molecule has 2 saturated carbocycles. The number of hydrogen-bond donors (Lipinski definition) is 0. The summed E-state index contributed by atoms with van der Waals surface area (Å²) in [4.78, 5) is 59.5. The molecule has 3 aromatic rings. The third-order valence-corrected chi connectivity index (χ3v) is 9.79. The number of halogens is 2. The Labute approximate surface area is 273 Å². The smallest absolute Gasteiger partial charge is 0.309 e. The molecule has 3 aliphatic rings. The highest BCUT2D eigenvalue weighted by Crippen LogP contribution is 2.44. The fourth-order valence-electron chi connectivity index (χ4n) is 6.78. The number of pyridine rings is 1. The number of carbonyl (C=O) groups is 4. The number of rotatable bonds is 11. The van der Waals surface area contributed by atoms with Crippen molar-refractivity contribution in [3.63, 3.8) is 0 Å². The third kappa shape index (κ3) is 7.11. The number of carbonyl (C=O) groups excluding carboxylic acids is 4. The second kappa shape index (κ2) is 13.3. The zero-order chi connectivity index (χ0) is 33.3. The molecule has 10 heteroatoms. The largest absolute Gasteiger partial charge is 0.462 e. The van der Waals surface area contributed by atoms with Crippen LogP contribution in [0.25, 0.3) is 11.1 Å². The summed E-state index contributed by atoms with van der Waals surface area (Å²) in [6, 6.07) is 15.8. The minimum atomic E-state index is -2.73. The molecule has 47 heavy (non-hydrogen) atoms. The first-order valence-electron chi connectivity index (χ1n) is 16.3. The summed E-state index contributed by atoms with van der Waals surface area (Å²) in [6.45, 7) is 1.91. The predicted octanol–water partition coefficient (Wildman–Crippen LogP) is 6.87. The topological polar surface area (TPSA) is 96.9 Å². The monoisotopic (exact) mass is 643 g/mol. The number of alkyl halides is 2. The molecule has 0 spiro atoms. The summed E-state index contributed by atoms with van der Waals surface area (Å²) in [5.74, 6) is -3.92. The molecular weight excluding hydrogens is 604 g/mol. The minimum Gasteiger partial charge on any atom is -0.462 e. The summed E-state index contributed by atoms with van der Waals surface area (Å²) in [5.41, 5.74) is 4.14. The molecule has 0 radical (unpaired) electrons. The number of nitrogens with zero attached hydrogens (tertiary/aromatic N) is 3. The van der Waals surface area contributed by atoms with Crippen LogP contribution >= 0.6 is 0 Å². The number of ether oxygens (including phenoxy) is 1. The first-order valence-corrected chi connectivity index (χ1v) is 16.3. The lowest BCUT2D eigenvalue weighted by molar-refractivity contribution is -0.182. The van der Waals surface area contributed by atoms with Gasteiger partial charge in [-0.25, -0.2) is 8.78 Å². The van der Waals surface area contributed by atoms with Gasteiger partial charge in [-0.3, -0.25) is 24.2 Å². The van der Waals surface area contributed by atoms with Crippen molar-refractivity contribution in [1.29, 1.82) is 0 Å². The summed E-state index contributed by atoms with van der Waals surface area (Å²) in [6.07, 6.45) is 6.78. The lowest BCUT2D eigenvalue weighted by Gasteiger charge is -2.38. The maximum Gasteiger partial charge on any atom is 0.309 e. The Morgan fingerprint density at radius 2 is 1.72 bits per heavy atom. The van der Waals surface area contributed by atoms with Crippen LogP contribution in [0.4, 0.5) is 14.5 Å². The van der Waals surface area contributed by atoms with Crippen LogP contribution in [-0.2, 0) is 20.9 Å². The maximum atomic E-state index is 13.8. The fraction of sp³-hybridized carbons (Fsp3) is 0.432. The zero-order valence-corrected chi connectivity index (χ0v) is 26.7. The average molecular weight is 644 g/mol. The van der Waals surface area contributed by atoms with Crippen molar-refractivity contribution in [1.82, 2.24) is 9.88 Å². The highest BCUT2D eigenvalue weighted by Gasteiger charge is 2.50. The zero-order valence-electron chi connectivity index (χ0n) is 26.7. The number of esters is 1. The molecule has 2 heterocycles. The molecule has 1 aromatic heterocycles. The highest BCUT2D eigenvalue weighted by atomic mass is 19.3. The molecule has 2 fully saturated rings. The van der Waals surface area contributed by atoms with E-state index in [0.717, 1.165) is 48.8 Å². The molecule has 0 N–H and O–H groups in total. The van der Waals surface area contributed by atoms with Crippen LogP contribution in [0, 0.1) is 11.8 Å². The number of unbranched alkanes of at least 4 members (excludes halogenated alkanes) is 1. The van der Waals surface area contributed by atoms with E-state index in [9.17, 15) is 28.0 Å². The van der Waals surface area contributed by atoms with Gasteiger partial charge in [-0.05, 0) is 79.1 Å². The van der Waals surface area contributed by atoms with Crippen LogP contribution in [0.2, 0.25) is 0 Å². The molecule has 1 aliphatic heterocycles. The summed E-state index contributed by atoms with van der Waals surface area (Å²) < 4.78 is 31.4. The van der Waals surface area contributed by atoms with Crippen molar-refractivity contribution < 1.29 is 32.7 Å². The van der Waals surface area contributed by atoms with E-state index >= 15 is 0 Å². The van der Waals surface area contributed by atoms with E-state index in [1.54, 1.807) is 55.5 Å². The Balaban J connectivity index is 1.01. The van der Waals surface area contributed by atoms with Gasteiger partial charge in [-0.1, -0.05) is 37.1 Å². The number of hydrogen-bond acceptors (Lipinski definition) is 6. The highest BCUT2D eigenvalue weighted by molar-refractivity contribution is 6.11. The molecule has 6 rings (SSSR count). The van der Waals surface area contributed by atoms with Gasteiger partial charge < -0.3 is 14.5 Å². The number of aromatic nitrogens is 1. The summed E-state index contributed by atoms with van der Waals surface area (Å²) in [5, 5.41) is 0.